The molecule has 2 N–H and O–H groups in total. The number of carbonyl (C=O) groups is 2. The molecular weight excluding hydrogens is 344 g/mol. The first-order valence-electron chi connectivity index (χ1n) is 2.14. The predicted octanol–water partition coefficient (Wildman–Crippen LogP) is -0.833. The summed E-state index contributed by atoms with van der Waals surface area (Å²) in [7, 11) is 0. The van der Waals surface area contributed by atoms with Gasteiger partial charge in [0, 0.05) is 44.8 Å². The molecule has 0 heterocycles. The third kappa shape index (κ3) is 17.9. The van der Waals surface area contributed by atoms with Gasteiger partial charge in [0.2, 0.25) is 0 Å². The molecule has 0 saturated heterocycles. The molecule has 0 unspecified atom stereocenters. The van der Waals surface area contributed by atoms with E-state index in [1.165, 1.54) is 0 Å². The molecule has 0 aliphatic heterocycles. The van der Waals surface area contributed by atoms with Crippen molar-refractivity contribution >= 4 is 11.9 Å². The Balaban J connectivity index is -0.000000320. The minimum Gasteiger partial charge on any atom is -0.480 e. The summed E-state index contributed by atoms with van der Waals surface area (Å²) < 4.78 is 4.16. The summed E-state index contributed by atoms with van der Waals surface area (Å²) >= 11 is 0. The van der Waals surface area contributed by atoms with Crippen LogP contribution in [0.15, 0.2) is 0 Å². The minimum atomic E-state index is -1.17. The van der Waals surface area contributed by atoms with E-state index in [-0.39, 0.29) is 44.8 Å². The summed E-state index contributed by atoms with van der Waals surface area (Å²) in [5, 5.41) is 15.8. The number of rotatable bonds is 4. The molecular formula is C4H6Ag2O5. The Morgan fingerprint density at radius 2 is 1.27 bits per heavy atom. The van der Waals surface area contributed by atoms with Crippen molar-refractivity contribution in [3.63, 3.8) is 0 Å². The van der Waals surface area contributed by atoms with Gasteiger partial charge in [-0.15, -0.1) is 0 Å². The van der Waals surface area contributed by atoms with E-state index >= 15 is 0 Å². The van der Waals surface area contributed by atoms with Gasteiger partial charge in [0.05, 0.1) is 0 Å². The molecule has 0 aromatic heterocycles. The third-order valence-electron chi connectivity index (χ3n) is 0.451. The van der Waals surface area contributed by atoms with Crippen molar-refractivity contribution in [2.45, 2.75) is 0 Å². The third-order valence-corrected chi connectivity index (χ3v) is 0.451. The van der Waals surface area contributed by atoms with Gasteiger partial charge >= 0.3 is 11.9 Å². The van der Waals surface area contributed by atoms with Crippen molar-refractivity contribution in [2.75, 3.05) is 13.2 Å². The van der Waals surface area contributed by atoms with Crippen molar-refractivity contribution in [2.24, 2.45) is 0 Å². The second-order valence-corrected chi connectivity index (χ2v) is 1.28. The van der Waals surface area contributed by atoms with Crippen LogP contribution in [0.1, 0.15) is 0 Å². The molecule has 0 aromatic carbocycles. The van der Waals surface area contributed by atoms with E-state index in [0.29, 0.717) is 0 Å². The van der Waals surface area contributed by atoms with Gasteiger partial charge in [0.25, 0.3) is 0 Å². The second kappa shape index (κ2) is 10.4. The zero-order chi connectivity index (χ0) is 7.28. The maximum Gasteiger partial charge on any atom is 0.329 e. The predicted molar refractivity (Wildman–Crippen MR) is 26.1 cm³/mol. The Kier molecular flexibility index (Phi) is 16.5. The standard InChI is InChI=1S/C4H6O5.2Ag/c5-3(6)1-9-2-4(7)8;;/h1-2H2,(H,5,6)(H,7,8);;. The van der Waals surface area contributed by atoms with E-state index in [1.54, 1.807) is 0 Å². The van der Waals surface area contributed by atoms with Gasteiger partial charge in [-0.05, 0) is 0 Å². The van der Waals surface area contributed by atoms with E-state index in [0.717, 1.165) is 0 Å². The average Bonchev–Trinajstić information content (AvgIpc) is 1.63. The minimum absolute atomic E-state index is 0. The van der Waals surface area contributed by atoms with E-state index in [1.807, 2.05) is 0 Å². The summed E-state index contributed by atoms with van der Waals surface area (Å²) in [5.74, 6) is -2.34. The Labute approximate surface area is 94.1 Å². The molecule has 0 saturated carbocycles. The van der Waals surface area contributed by atoms with E-state index in [9.17, 15) is 9.59 Å². The number of ether oxygens (including phenoxy) is 1. The fraction of sp³-hybridized carbons (Fsp3) is 0.500. The Morgan fingerprint density at radius 1 is 1.00 bits per heavy atom. The molecule has 0 aromatic rings. The first kappa shape index (κ1) is 17.5. The molecule has 0 aliphatic rings. The Hall–Kier alpha value is 0.381. The van der Waals surface area contributed by atoms with Crippen LogP contribution in [0.3, 0.4) is 0 Å². The summed E-state index contributed by atoms with van der Waals surface area (Å²) in [5.41, 5.74) is 0. The normalized spacial score (nSPS) is 7.27. The van der Waals surface area contributed by atoms with Crippen LogP contribution in [-0.2, 0) is 59.1 Å². The smallest absolute Gasteiger partial charge is 0.329 e. The van der Waals surface area contributed by atoms with Crippen LogP contribution in [0.2, 0.25) is 0 Å². The van der Waals surface area contributed by atoms with Crippen molar-refractivity contribution in [3.05, 3.63) is 0 Å². The van der Waals surface area contributed by atoms with Crippen molar-refractivity contribution in [3.8, 4) is 0 Å². The van der Waals surface area contributed by atoms with Gasteiger partial charge in [-0.1, -0.05) is 0 Å². The number of hydrogen-bond donors (Lipinski definition) is 2. The molecule has 0 amide bonds. The van der Waals surface area contributed by atoms with Crippen molar-refractivity contribution in [1.29, 1.82) is 0 Å². The summed E-state index contributed by atoms with van der Waals surface area (Å²) in [6.07, 6.45) is 0. The maximum atomic E-state index is 9.66. The Bertz CT molecular complexity index is 112. The van der Waals surface area contributed by atoms with E-state index < -0.39 is 25.2 Å². The zero-order valence-electron chi connectivity index (χ0n) is 5.14. The van der Waals surface area contributed by atoms with Crippen LogP contribution in [0.4, 0.5) is 0 Å². The molecule has 0 bridgehead atoms. The molecule has 0 rings (SSSR count). The van der Waals surface area contributed by atoms with Crippen LogP contribution in [0, 0.1) is 0 Å². The topological polar surface area (TPSA) is 83.8 Å². The fourth-order valence-corrected chi connectivity index (χ4v) is 0.226. The molecule has 0 aliphatic carbocycles. The molecule has 74 valence electrons. The van der Waals surface area contributed by atoms with Gasteiger partial charge in [0.15, 0.2) is 0 Å². The largest absolute Gasteiger partial charge is 0.480 e. The second-order valence-electron chi connectivity index (χ2n) is 1.28. The SMILES string of the molecule is O=C(O)COCC(=O)O.[Ag].[Ag]. The molecule has 0 atom stereocenters. The van der Waals surface area contributed by atoms with E-state index in [4.69, 9.17) is 10.2 Å². The number of aliphatic carboxylic acids is 2. The van der Waals surface area contributed by atoms with Gasteiger partial charge < -0.3 is 14.9 Å². The molecule has 5 nitrogen and oxygen atoms in total. The molecule has 11 heavy (non-hydrogen) atoms. The average molecular weight is 350 g/mol. The van der Waals surface area contributed by atoms with Crippen molar-refractivity contribution in [1.82, 2.24) is 0 Å². The quantitative estimate of drug-likeness (QED) is 0.647. The zero-order valence-corrected chi connectivity index (χ0v) is 8.10. The van der Waals surface area contributed by atoms with Crippen LogP contribution >= 0.6 is 0 Å². The van der Waals surface area contributed by atoms with E-state index in [2.05, 4.69) is 4.74 Å². The summed E-state index contributed by atoms with van der Waals surface area (Å²) in [6, 6.07) is 0. The van der Waals surface area contributed by atoms with Gasteiger partial charge in [-0.25, -0.2) is 9.59 Å². The fourth-order valence-electron chi connectivity index (χ4n) is 0.226. The van der Waals surface area contributed by atoms with Crippen LogP contribution in [-0.4, -0.2) is 35.4 Å². The molecule has 7 heteroatoms. The first-order valence-corrected chi connectivity index (χ1v) is 2.14. The van der Waals surface area contributed by atoms with Crippen molar-refractivity contribution < 1.29 is 69.3 Å². The summed E-state index contributed by atoms with van der Waals surface area (Å²) in [4.78, 5) is 19.3. The monoisotopic (exact) mass is 348 g/mol. The Morgan fingerprint density at radius 3 is 1.45 bits per heavy atom. The van der Waals surface area contributed by atoms with Crippen LogP contribution in [0.5, 0.6) is 0 Å². The van der Waals surface area contributed by atoms with Gasteiger partial charge in [-0.2, -0.15) is 0 Å². The number of carboxylic acid groups (broad SMARTS) is 2. The first-order chi connectivity index (χ1) is 4.13. The molecule has 0 spiro atoms. The van der Waals surface area contributed by atoms with Crippen LogP contribution < -0.4 is 0 Å². The molecule has 0 fully saturated rings. The molecule has 2 radical (unpaired) electrons. The maximum absolute atomic E-state index is 9.66. The number of hydrogen-bond acceptors (Lipinski definition) is 3. The van der Waals surface area contributed by atoms with Gasteiger partial charge in [0.1, 0.15) is 13.2 Å². The summed E-state index contributed by atoms with van der Waals surface area (Å²) in [6.45, 7) is -1.13. The van der Waals surface area contributed by atoms with Crippen LogP contribution in [0.25, 0.3) is 0 Å². The van der Waals surface area contributed by atoms with Gasteiger partial charge in [-0.3, -0.25) is 0 Å². The number of carboxylic acids is 2.